The van der Waals surface area contributed by atoms with Crippen molar-refractivity contribution in [2.24, 2.45) is 0 Å². The van der Waals surface area contributed by atoms with Crippen LogP contribution >= 0.6 is 0 Å². The Hall–Kier alpha value is -2.03. The van der Waals surface area contributed by atoms with Crippen molar-refractivity contribution in [3.63, 3.8) is 0 Å². The van der Waals surface area contributed by atoms with Crippen molar-refractivity contribution in [3.8, 4) is 11.3 Å². The highest BCUT2D eigenvalue weighted by Gasteiger charge is 2.31. The maximum atomic E-state index is 12.2. The minimum atomic E-state index is 0.0917. The molecule has 1 aliphatic carbocycles. The second-order valence-corrected chi connectivity index (χ2v) is 5.72. The van der Waals surface area contributed by atoms with Gasteiger partial charge in [-0.3, -0.25) is 4.79 Å². The average Bonchev–Trinajstić information content (AvgIpc) is 3.27. The molecule has 4 rings (SSSR count). The van der Waals surface area contributed by atoms with Crippen LogP contribution in [0.2, 0.25) is 0 Å². The molecule has 0 radical (unpaired) electrons. The van der Waals surface area contributed by atoms with Gasteiger partial charge in [0.25, 0.3) is 5.91 Å². The van der Waals surface area contributed by atoms with Crippen LogP contribution in [0, 0.1) is 0 Å². The maximum Gasteiger partial charge on any atom is 0.253 e. The van der Waals surface area contributed by atoms with Gasteiger partial charge in [0, 0.05) is 24.0 Å². The Morgan fingerprint density at radius 3 is 2.70 bits per heavy atom. The van der Waals surface area contributed by atoms with Gasteiger partial charge in [0.15, 0.2) is 0 Å². The van der Waals surface area contributed by atoms with E-state index in [0.29, 0.717) is 6.04 Å². The Morgan fingerprint density at radius 1 is 1.15 bits per heavy atom. The first-order chi connectivity index (χ1) is 9.84. The van der Waals surface area contributed by atoms with Gasteiger partial charge in [-0.15, -0.1) is 0 Å². The van der Waals surface area contributed by atoms with Gasteiger partial charge < -0.3 is 9.88 Å². The molecule has 1 aromatic carbocycles. The number of nitrogens with one attached hydrogen (secondary N) is 1. The van der Waals surface area contributed by atoms with Crippen LogP contribution in [-0.2, 0) is 6.42 Å². The van der Waals surface area contributed by atoms with Gasteiger partial charge in [-0.2, -0.15) is 0 Å². The summed E-state index contributed by atoms with van der Waals surface area (Å²) in [5.41, 5.74) is 4.53. The van der Waals surface area contributed by atoms with E-state index in [1.54, 1.807) is 0 Å². The zero-order chi connectivity index (χ0) is 13.5. The lowest BCUT2D eigenvalue weighted by atomic mass is 10.1. The summed E-state index contributed by atoms with van der Waals surface area (Å²) in [5.74, 6) is 0.0917. The summed E-state index contributed by atoms with van der Waals surface area (Å²) in [4.78, 5) is 12.2. The van der Waals surface area contributed by atoms with Crippen molar-refractivity contribution in [2.75, 3.05) is 6.54 Å². The number of carbonyl (C=O) groups excluding carboxylic acids is 1. The highest BCUT2D eigenvalue weighted by molar-refractivity contribution is 5.97. The fraction of sp³-hybridized carbons (Fsp3) is 0.353. The second kappa shape index (κ2) is 4.51. The molecule has 2 heterocycles. The normalized spacial score (nSPS) is 18.3. The Kier molecular flexibility index (Phi) is 2.66. The van der Waals surface area contributed by atoms with Gasteiger partial charge in [-0.1, -0.05) is 30.3 Å². The smallest absolute Gasteiger partial charge is 0.253 e. The lowest BCUT2D eigenvalue weighted by Gasteiger charge is -2.12. The molecule has 1 N–H and O–H groups in total. The molecule has 0 atom stereocenters. The molecule has 102 valence electrons. The highest BCUT2D eigenvalue weighted by atomic mass is 16.1. The van der Waals surface area contributed by atoms with E-state index in [1.807, 2.05) is 6.07 Å². The molecule has 20 heavy (non-hydrogen) atoms. The molecule has 1 fully saturated rings. The average molecular weight is 266 g/mol. The molecule has 3 nitrogen and oxygen atoms in total. The summed E-state index contributed by atoms with van der Waals surface area (Å²) in [5, 5.41) is 3.00. The Labute approximate surface area is 118 Å². The third-order valence-corrected chi connectivity index (χ3v) is 4.24. The second-order valence-electron chi connectivity index (χ2n) is 5.72. The van der Waals surface area contributed by atoms with E-state index in [4.69, 9.17) is 0 Å². The Morgan fingerprint density at radius 2 is 1.95 bits per heavy atom. The molecule has 1 amide bonds. The van der Waals surface area contributed by atoms with E-state index in [0.717, 1.165) is 24.9 Å². The van der Waals surface area contributed by atoms with Crippen LogP contribution in [0.15, 0.2) is 36.4 Å². The van der Waals surface area contributed by atoms with Crippen LogP contribution in [0.5, 0.6) is 0 Å². The minimum absolute atomic E-state index is 0.0917. The van der Waals surface area contributed by atoms with E-state index in [9.17, 15) is 4.79 Å². The minimum Gasteiger partial charge on any atom is -0.352 e. The molecular weight excluding hydrogens is 248 g/mol. The van der Waals surface area contributed by atoms with E-state index in [1.165, 1.54) is 29.8 Å². The van der Waals surface area contributed by atoms with E-state index in [2.05, 4.69) is 40.2 Å². The number of amides is 1. The van der Waals surface area contributed by atoms with Gasteiger partial charge in [0.1, 0.15) is 0 Å². The summed E-state index contributed by atoms with van der Waals surface area (Å²) in [6, 6.07) is 13.1. The summed E-state index contributed by atoms with van der Waals surface area (Å²) in [6.07, 6.45) is 4.51. The molecule has 0 spiro atoms. The molecule has 1 aliphatic heterocycles. The number of carbonyl (C=O) groups is 1. The van der Waals surface area contributed by atoms with Crippen molar-refractivity contribution in [2.45, 2.75) is 31.7 Å². The standard InChI is InChI=1S/C17H18N2O/c20-17-14-11-16(12-5-2-1-3-6-12)19(13-8-9-13)15(14)7-4-10-18-17/h1-3,5-6,11,13H,4,7-10H2,(H,18,20). The van der Waals surface area contributed by atoms with E-state index >= 15 is 0 Å². The number of nitrogens with zero attached hydrogens (tertiary/aromatic N) is 1. The van der Waals surface area contributed by atoms with Gasteiger partial charge in [-0.25, -0.2) is 0 Å². The molecule has 0 unspecified atom stereocenters. The molecule has 0 bridgehead atoms. The van der Waals surface area contributed by atoms with Crippen LogP contribution in [0.1, 0.15) is 41.4 Å². The van der Waals surface area contributed by atoms with Gasteiger partial charge in [0.05, 0.1) is 5.56 Å². The van der Waals surface area contributed by atoms with Gasteiger partial charge in [0.2, 0.25) is 0 Å². The van der Waals surface area contributed by atoms with Gasteiger partial charge >= 0.3 is 0 Å². The quantitative estimate of drug-likeness (QED) is 0.890. The summed E-state index contributed by atoms with van der Waals surface area (Å²) in [7, 11) is 0. The van der Waals surface area contributed by atoms with Crippen LogP contribution in [0.25, 0.3) is 11.3 Å². The van der Waals surface area contributed by atoms with Crippen molar-refractivity contribution in [1.29, 1.82) is 0 Å². The third kappa shape index (κ3) is 1.85. The first kappa shape index (κ1) is 11.8. The summed E-state index contributed by atoms with van der Waals surface area (Å²) in [6.45, 7) is 0.791. The van der Waals surface area contributed by atoms with E-state index in [-0.39, 0.29) is 5.91 Å². The SMILES string of the molecule is O=C1NCCCc2c1cc(-c1ccccc1)n2C1CC1. The molecule has 1 saturated carbocycles. The summed E-state index contributed by atoms with van der Waals surface area (Å²) >= 11 is 0. The van der Waals surface area contributed by atoms with Crippen LogP contribution in [0.4, 0.5) is 0 Å². The zero-order valence-electron chi connectivity index (χ0n) is 11.4. The zero-order valence-corrected chi connectivity index (χ0v) is 11.4. The third-order valence-electron chi connectivity index (χ3n) is 4.24. The number of rotatable bonds is 2. The molecule has 0 saturated heterocycles. The number of aromatic nitrogens is 1. The topological polar surface area (TPSA) is 34.0 Å². The van der Waals surface area contributed by atoms with Crippen molar-refractivity contribution in [1.82, 2.24) is 9.88 Å². The highest BCUT2D eigenvalue weighted by Crippen LogP contribution is 2.42. The number of benzene rings is 1. The lowest BCUT2D eigenvalue weighted by molar-refractivity contribution is 0.0956. The molecule has 2 aliphatic rings. The van der Waals surface area contributed by atoms with Crippen LogP contribution in [0.3, 0.4) is 0 Å². The predicted octanol–water partition coefficient (Wildman–Crippen LogP) is 3.17. The van der Waals surface area contributed by atoms with Crippen molar-refractivity contribution < 1.29 is 4.79 Å². The fourth-order valence-electron chi connectivity index (χ4n) is 3.15. The number of hydrogen-bond donors (Lipinski definition) is 1. The van der Waals surface area contributed by atoms with Crippen LogP contribution in [-0.4, -0.2) is 17.0 Å². The Bertz CT molecular complexity index is 653. The maximum absolute atomic E-state index is 12.2. The van der Waals surface area contributed by atoms with Gasteiger partial charge in [-0.05, 0) is 37.3 Å². The first-order valence-corrected chi connectivity index (χ1v) is 7.42. The molecule has 3 heteroatoms. The summed E-state index contributed by atoms with van der Waals surface area (Å²) < 4.78 is 2.43. The monoisotopic (exact) mass is 266 g/mol. The Balaban J connectivity index is 1.91. The van der Waals surface area contributed by atoms with Crippen molar-refractivity contribution >= 4 is 5.91 Å². The predicted molar refractivity (Wildman–Crippen MR) is 78.8 cm³/mol. The van der Waals surface area contributed by atoms with Crippen LogP contribution < -0.4 is 5.32 Å². The largest absolute Gasteiger partial charge is 0.352 e. The number of fused-ring (bicyclic) bond motifs is 1. The molecule has 1 aromatic heterocycles. The molecule has 2 aromatic rings. The van der Waals surface area contributed by atoms with E-state index < -0.39 is 0 Å². The fourth-order valence-corrected chi connectivity index (χ4v) is 3.15. The van der Waals surface area contributed by atoms with Crippen molar-refractivity contribution in [3.05, 3.63) is 47.7 Å². The lowest BCUT2D eigenvalue weighted by Crippen LogP contribution is -2.22. The number of hydrogen-bond acceptors (Lipinski definition) is 1. The molecular formula is C17H18N2O. The first-order valence-electron chi connectivity index (χ1n) is 7.42.